The van der Waals surface area contributed by atoms with Crippen LogP contribution in [0, 0.1) is 0 Å². The van der Waals surface area contributed by atoms with Crippen molar-refractivity contribution in [1.29, 1.82) is 0 Å². The average Bonchev–Trinajstić information content (AvgIpc) is 3.18. The number of nitrogens with zero attached hydrogens (tertiary/aromatic N) is 4. The Morgan fingerprint density at radius 1 is 1.00 bits per heavy atom. The Kier molecular flexibility index (Phi) is 4.95. The van der Waals surface area contributed by atoms with Gasteiger partial charge in [0.05, 0.1) is 30.7 Å². The van der Waals surface area contributed by atoms with Crippen LogP contribution in [-0.2, 0) is 17.8 Å². The summed E-state index contributed by atoms with van der Waals surface area (Å²) in [5, 5.41) is 13.5. The molecule has 7 nitrogen and oxygen atoms in total. The molecule has 0 N–H and O–H groups in total. The lowest BCUT2D eigenvalue weighted by molar-refractivity contribution is 0.0955. The third-order valence-corrected chi connectivity index (χ3v) is 5.77. The number of hydrogen-bond acceptors (Lipinski definition) is 6. The molecule has 2 aromatic heterocycles. The quantitative estimate of drug-likeness (QED) is 0.493. The zero-order valence-corrected chi connectivity index (χ0v) is 17.4. The first-order valence-electron chi connectivity index (χ1n) is 10.2. The van der Waals surface area contributed by atoms with Crippen LogP contribution in [0.2, 0.25) is 0 Å². The highest BCUT2D eigenvalue weighted by Crippen LogP contribution is 2.37. The Balaban J connectivity index is 1.68. The van der Waals surface area contributed by atoms with Crippen LogP contribution in [0.1, 0.15) is 39.8 Å². The lowest BCUT2D eigenvalue weighted by Crippen LogP contribution is -2.24. The normalized spacial score (nSPS) is 15.8. The first-order chi connectivity index (χ1) is 15.2. The molecule has 0 saturated heterocycles. The summed E-state index contributed by atoms with van der Waals surface area (Å²) < 4.78 is 12.7. The molecule has 0 aliphatic heterocycles. The van der Waals surface area contributed by atoms with Gasteiger partial charge in [-0.2, -0.15) is 5.10 Å². The summed E-state index contributed by atoms with van der Waals surface area (Å²) in [7, 11) is 3.29. The van der Waals surface area contributed by atoms with Gasteiger partial charge in [-0.1, -0.05) is 48.5 Å². The van der Waals surface area contributed by atoms with Crippen molar-refractivity contribution >= 4 is 11.4 Å². The lowest BCUT2D eigenvalue weighted by Gasteiger charge is -2.24. The van der Waals surface area contributed by atoms with E-state index in [1.165, 1.54) is 0 Å². The van der Waals surface area contributed by atoms with E-state index in [1.54, 1.807) is 18.7 Å². The first-order valence-corrected chi connectivity index (χ1v) is 10.2. The molecule has 0 amide bonds. The molecule has 2 heterocycles. The third-order valence-electron chi connectivity index (χ3n) is 5.77. The molecule has 2 aromatic carbocycles. The molecular formula is C24H22N4O3. The second-order valence-electron chi connectivity index (χ2n) is 7.62. The topological polar surface area (TPSA) is 78.6 Å². The minimum atomic E-state index is -0.0309. The van der Waals surface area contributed by atoms with E-state index in [0.29, 0.717) is 30.8 Å². The number of ketones is 1. The van der Waals surface area contributed by atoms with E-state index < -0.39 is 0 Å². The SMILES string of the molecule is COCc1nn2c3c(nnc2c1-c1ccccc1)C(=O)C[C@H](c1ccccc1OC)C3. The number of rotatable bonds is 5. The van der Waals surface area contributed by atoms with Crippen LogP contribution in [0.4, 0.5) is 0 Å². The van der Waals surface area contributed by atoms with Crippen LogP contribution >= 0.6 is 0 Å². The number of hydrogen-bond donors (Lipinski definition) is 0. The molecule has 31 heavy (non-hydrogen) atoms. The van der Waals surface area contributed by atoms with E-state index >= 15 is 0 Å². The molecule has 0 fully saturated rings. The van der Waals surface area contributed by atoms with Gasteiger partial charge in [-0.3, -0.25) is 4.79 Å². The molecule has 5 rings (SSSR count). The van der Waals surface area contributed by atoms with E-state index in [9.17, 15) is 4.79 Å². The number of carbonyl (C=O) groups is 1. The van der Waals surface area contributed by atoms with E-state index in [1.807, 2.05) is 54.6 Å². The summed E-state index contributed by atoms with van der Waals surface area (Å²) in [6.45, 7) is 0.340. The third kappa shape index (κ3) is 3.27. The van der Waals surface area contributed by atoms with Crippen molar-refractivity contribution in [2.45, 2.75) is 25.4 Å². The van der Waals surface area contributed by atoms with Gasteiger partial charge in [0.1, 0.15) is 5.75 Å². The highest BCUT2D eigenvalue weighted by molar-refractivity contribution is 5.97. The Morgan fingerprint density at radius 3 is 2.55 bits per heavy atom. The van der Waals surface area contributed by atoms with Crippen molar-refractivity contribution < 1.29 is 14.3 Å². The van der Waals surface area contributed by atoms with Gasteiger partial charge in [-0.25, -0.2) is 4.52 Å². The Morgan fingerprint density at radius 2 is 1.77 bits per heavy atom. The van der Waals surface area contributed by atoms with Crippen LogP contribution in [0.3, 0.4) is 0 Å². The van der Waals surface area contributed by atoms with E-state index in [4.69, 9.17) is 14.6 Å². The van der Waals surface area contributed by atoms with Crippen LogP contribution in [0.25, 0.3) is 16.8 Å². The minimum Gasteiger partial charge on any atom is -0.496 e. The zero-order valence-electron chi connectivity index (χ0n) is 17.4. The van der Waals surface area contributed by atoms with Gasteiger partial charge in [0.15, 0.2) is 17.1 Å². The van der Waals surface area contributed by atoms with Gasteiger partial charge < -0.3 is 9.47 Å². The second-order valence-corrected chi connectivity index (χ2v) is 7.62. The molecule has 1 aliphatic carbocycles. The molecule has 0 radical (unpaired) electrons. The van der Waals surface area contributed by atoms with Gasteiger partial charge in [0.25, 0.3) is 0 Å². The largest absolute Gasteiger partial charge is 0.496 e. The Hall–Kier alpha value is -3.58. The van der Waals surface area contributed by atoms with Gasteiger partial charge in [0, 0.05) is 19.4 Å². The number of aromatic nitrogens is 4. The van der Waals surface area contributed by atoms with Crippen LogP contribution in [-0.4, -0.2) is 39.8 Å². The van der Waals surface area contributed by atoms with Crippen molar-refractivity contribution in [2.75, 3.05) is 14.2 Å². The standard InChI is InChI=1S/C24H22N4O3/c1-30-14-18-22(15-8-4-3-5-9-15)24-26-25-23-19(28(24)27-18)12-16(13-20(23)29)17-10-6-7-11-21(17)31-2/h3-11,16H,12-14H2,1-2H3/t16-/m1/s1. The zero-order chi connectivity index (χ0) is 21.4. The van der Waals surface area contributed by atoms with Crippen molar-refractivity contribution in [1.82, 2.24) is 19.8 Å². The molecule has 0 unspecified atom stereocenters. The fraction of sp³-hybridized carbons (Fsp3) is 0.250. The van der Waals surface area contributed by atoms with Crippen LogP contribution in [0.5, 0.6) is 5.75 Å². The van der Waals surface area contributed by atoms with Gasteiger partial charge in [0.2, 0.25) is 0 Å². The number of ether oxygens (including phenoxy) is 2. The molecule has 156 valence electrons. The monoisotopic (exact) mass is 414 g/mol. The Bertz CT molecular complexity index is 1270. The first kappa shape index (κ1) is 19.4. The van der Waals surface area contributed by atoms with E-state index in [2.05, 4.69) is 10.2 Å². The van der Waals surface area contributed by atoms with Crippen LogP contribution < -0.4 is 4.74 Å². The van der Waals surface area contributed by atoms with Crippen molar-refractivity contribution in [3.8, 4) is 16.9 Å². The number of carbonyl (C=O) groups excluding carboxylic acids is 1. The van der Waals surface area contributed by atoms with Gasteiger partial charge >= 0.3 is 0 Å². The molecule has 1 aliphatic rings. The number of para-hydroxylation sites is 1. The van der Waals surface area contributed by atoms with E-state index in [0.717, 1.165) is 33.8 Å². The van der Waals surface area contributed by atoms with Gasteiger partial charge in [-0.15, -0.1) is 10.2 Å². The van der Waals surface area contributed by atoms with E-state index in [-0.39, 0.29) is 11.7 Å². The minimum absolute atomic E-state index is 0.0150. The summed E-state index contributed by atoms with van der Waals surface area (Å²) in [5.41, 5.74) is 5.45. The van der Waals surface area contributed by atoms with Crippen LogP contribution in [0.15, 0.2) is 54.6 Å². The molecule has 1 atom stereocenters. The van der Waals surface area contributed by atoms with Crippen molar-refractivity contribution in [2.24, 2.45) is 0 Å². The molecule has 7 heteroatoms. The number of methoxy groups -OCH3 is 2. The maximum absolute atomic E-state index is 13.0. The summed E-state index contributed by atoms with van der Waals surface area (Å²) in [6, 6.07) is 17.8. The molecule has 4 aromatic rings. The maximum Gasteiger partial charge on any atom is 0.185 e. The number of Topliss-reactive ketones (excluding diaryl/α,β-unsaturated/α-hetero) is 1. The second kappa shape index (κ2) is 7.92. The molecule has 0 bridgehead atoms. The highest BCUT2D eigenvalue weighted by Gasteiger charge is 2.33. The van der Waals surface area contributed by atoms with Crippen molar-refractivity contribution in [3.63, 3.8) is 0 Å². The summed E-state index contributed by atoms with van der Waals surface area (Å²) in [5.74, 6) is 0.739. The smallest absolute Gasteiger partial charge is 0.185 e. The fourth-order valence-electron chi connectivity index (χ4n) is 4.38. The summed E-state index contributed by atoms with van der Waals surface area (Å²) in [4.78, 5) is 13.0. The maximum atomic E-state index is 13.0. The molecule has 0 saturated carbocycles. The predicted molar refractivity (Wildman–Crippen MR) is 115 cm³/mol. The van der Waals surface area contributed by atoms with Crippen molar-refractivity contribution in [3.05, 3.63) is 77.2 Å². The Labute approximate surface area is 179 Å². The number of benzene rings is 2. The average molecular weight is 414 g/mol. The number of fused-ring (bicyclic) bond motifs is 3. The summed E-state index contributed by atoms with van der Waals surface area (Å²) in [6.07, 6.45) is 0.987. The predicted octanol–water partition coefficient (Wildman–Crippen LogP) is 3.86. The molecular weight excluding hydrogens is 392 g/mol. The highest BCUT2D eigenvalue weighted by atomic mass is 16.5. The fourth-order valence-corrected chi connectivity index (χ4v) is 4.38. The summed E-state index contributed by atoms with van der Waals surface area (Å²) >= 11 is 0. The van der Waals surface area contributed by atoms with Gasteiger partial charge in [-0.05, 0) is 23.6 Å². The lowest BCUT2D eigenvalue weighted by atomic mass is 9.83. The molecule has 0 spiro atoms.